The highest BCUT2D eigenvalue weighted by Gasteiger charge is 1.94. The second-order valence-electron chi connectivity index (χ2n) is 1.97. The van der Waals surface area contributed by atoms with Crippen LogP contribution in [0.5, 0.6) is 0 Å². The number of hydrogen-bond acceptors (Lipinski definition) is 4. The SMILES string of the molecule is [N-]=[N+]=NCCCN(N)CC=O. The molecule has 0 aromatic heterocycles. The fourth-order valence-corrected chi connectivity index (χ4v) is 0.576. The summed E-state index contributed by atoms with van der Waals surface area (Å²) in [6, 6.07) is 0. The number of carbonyl (C=O) groups excluding carboxylic acids is 1. The number of rotatable bonds is 6. The molecule has 0 rings (SSSR count). The highest BCUT2D eigenvalue weighted by molar-refractivity contribution is 5.51. The van der Waals surface area contributed by atoms with Crippen LogP contribution in [0.1, 0.15) is 6.42 Å². The number of hydrazine groups is 1. The summed E-state index contributed by atoms with van der Waals surface area (Å²) >= 11 is 0. The van der Waals surface area contributed by atoms with E-state index in [9.17, 15) is 4.79 Å². The predicted octanol–water partition coefficient (Wildman–Crippen LogP) is 0.0614. The van der Waals surface area contributed by atoms with Gasteiger partial charge >= 0.3 is 0 Å². The van der Waals surface area contributed by atoms with Gasteiger partial charge in [0, 0.05) is 18.0 Å². The Morgan fingerprint density at radius 3 is 3.00 bits per heavy atom. The number of carbonyl (C=O) groups is 1. The van der Waals surface area contributed by atoms with Crippen molar-refractivity contribution in [1.82, 2.24) is 5.01 Å². The molecule has 0 aliphatic heterocycles. The molecular formula is C5H11N5O. The molecule has 0 spiro atoms. The van der Waals surface area contributed by atoms with Crippen LogP contribution in [-0.4, -0.2) is 30.9 Å². The molecule has 0 unspecified atom stereocenters. The van der Waals surface area contributed by atoms with Gasteiger partial charge in [0.05, 0.1) is 6.54 Å². The Balaban J connectivity index is 3.22. The van der Waals surface area contributed by atoms with Gasteiger partial charge in [0.25, 0.3) is 0 Å². The van der Waals surface area contributed by atoms with Gasteiger partial charge in [0.1, 0.15) is 6.29 Å². The standard InChI is InChI=1S/C5H11N5O/c6-9-8-2-1-3-10(7)4-5-11/h5H,1-4,7H2. The molecule has 0 radical (unpaired) electrons. The fourth-order valence-electron chi connectivity index (χ4n) is 0.576. The summed E-state index contributed by atoms with van der Waals surface area (Å²) in [4.78, 5) is 12.5. The number of nitrogens with zero attached hydrogens (tertiary/aromatic N) is 4. The number of nitrogens with two attached hydrogens (primary N) is 1. The van der Waals surface area contributed by atoms with Gasteiger partial charge in [-0.1, -0.05) is 5.11 Å². The maximum absolute atomic E-state index is 9.90. The summed E-state index contributed by atoms with van der Waals surface area (Å²) < 4.78 is 0. The molecule has 0 aromatic carbocycles. The maximum atomic E-state index is 9.90. The average molecular weight is 157 g/mol. The Hall–Kier alpha value is -1.10. The topological polar surface area (TPSA) is 95.1 Å². The van der Waals surface area contributed by atoms with Crippen LogP contribution in [-0.2, 0) is 4.79 Å². The number of hydrogen-bond donors (Lipinski definition) is 1. The van der Waals surface area contributed by atoms with Crippen molar-refractivity contribution in [2.24, 2.45) is 11.0 Å². The molecule has 0 bridgehead atoms. The Kier molecular flexibility index (Phi) is 6.31. The zero-order chi connectivity index (χ0) is 8.53. The molecule has 0 heterocycles. The van der Waals surface area contributed by atoms with E-state index in [0.29, 0.717) is 19.5 Å². The smallest absolute Gasteiger partial charge is 0.135 e. The van der Waals surface area contributed by atoms with E-state index in [4.69, 9.17) is 11.4 Å². The molecule has 0 amide bonds. The summed E-state index contributed by atoms with van der Waals surface area (Å²) in [5.41, 5.74) is 7.89. The van der Waals surface area contributed by atoms with E-state index in [1.165, 1.54) is 5.01 Å². The molecular weight excluding hydrogens is 146 g/mol. The van der Waals surface area contributed by atoms with Crippen LogP contribution >= 0.6 is 0 Å². The minimum Gasteiger partial charge on any atom is -0.302 e. The monoisotopic (exact) mass is 157 g/mol. The third-order valence-corrected chi connectivity index (χ3v) is 1.08. The lowest BCUT2D eigenvalue weighted by Crippen LogP contribution is -2.33. The predicted molar refractivity (Wildman–Crippen MR) is 40.5 cm³/mol. The van der Waals surface area contributed by atoms with Crippen molar-refractivity contribution < 1.29 is 4.79 Å². The van der Waals surface area contributed by atoms with Crippen molar-refractivity contribution in [1.29, 1.82) is 0 Å². The molecule has 0 saturated heterocycles. The minimum atomic E-state index is 0.219. The first-order valence-corrected chi connectivity index (χ1v) is 3.25. The first-order chi connectivity index (χ1) is 5.31. The van der Waals surface area contributed by atoms with Gasteiger partial charge in [-0.3, -0.25) is 5.84 Å². The van der Waals surface area contributed by atoms with E-state index < -0.39 is 0 Å². The molecule has 0 aliphatic rings. The first kappa shape index (κ1) is 9.90. The van der Waals surface area contributed by atoms with Crippen molar-refractivity contribution in [2.75, 3.05) is 19.6 Å². The summed E-state index contributed by atoms with van der Waals surface area (Å²) in [7, 11) is 0. The van der Waals surface area contributed by atoms with Crippen molar-refractivity contribution in [3.8, 4) is 0 Å². The Bertz CT molecular complexity index is 153. The van der Waals surface area contributed by atoms with Crippen LogP contribution in [0.15, 0.2) is 5.11 Å². The Labute approximate surface area is 64.6 Å². The summed E-state index contributed by atoms with van der Waals surface area (Å²) in [5, 5.41) is 4.69. The zero-order valence-corrected chi connectivity index (χ0v) is 6.18. The van der Waals surface area contributed by atoms with Gasteiger partial charge in [-0.2, -0.15) is 0 Å². The molecule has 0 saturated carbocycles. The largest absolute Gasteiger partial charge is 0.302 e. The Morgan fingerprint density at radius 2 is 2.45 bits per heavy atom. The lowest BCUT2D eigenvalue weighted by atomic mass is 10.4. The molecule has 6 heteroatoms. The summed E-state index contributed by atoms with van der Waals surface area (Å²) in [5.74, 6) is 5.33. The van der Waals surface area contributed by atoms with Crippen LogP contribution in [0.3, 0.4) is 0 Å². The molecule has 0 aromatic rings. The summed E-state index contributed by atoms with van der Waals surface area (Å²) in [6.45, 7) is 1.21. The van der Waals surface area contributed by atoms with Gasteiger partial charge in [-0.05, 0) is 12.0 Å². The lowest BCUT2D eigenvalue weighted by Gasteiger charge is -2.10. The highest BCUT2D eigenvalue weighted by atomic mass is 16.1. The molecule has 0 fully saturated rings. The second-order valence-corrected chi connectivity index (χ2v) is 1.97. The average Bonchev–Trinajstić information content (AvgIpc) is 1.99. The van der Waals surface area contributed by atoms with Crippen molar-refractivity contribution in [2.45, 2.75) is 6.42 Å². The molecule has 11 heavy (non-hydrogen) atoms. The molecule has 0 aliphatic carbocycles. The van der Waals surface area contributed by atoms with E-state index in [1.54, 1.807) is 0 Å². The van der Waals surface area contributed by atoms with Gasteiger partial charge in [0.2, 0.25) is 0 Å². The Morgan fingerprint density at radius 1 is 1.73 bits per heavy atom. The molecule has 6 nitrogen and oxygen atoms in total. The van der Waals surface area contributed by atoms with Crippen LogP contribution in [0.25, 0.3) is 10.4 Å². The van der Waals surface area contributed by atoms with Crippen LogP contribution < -0.4 is 5.84 Å². The fraction of sp³-hybridized carbons (Fsp3) is 0.800. The highest BCUT2D eigenvalue weighted by Crippen LogP contribution is 1.84. The molecule has 0 atom stereocenters. The third-order valence-electron chi connectivity index (χ3n) is 1.08. The van der Waals surface area contributed by atoms with Gasteiger partial charge in [-0.25, -0.2) is 5.01 Å². The quantitative estimate of drug-likeness (QED) is 0.112. The van der Waals surface area contributed by atoms with Crippen molar-refractivity contribution >= 4 is 6.29 Å². The van der Waals surface area contributed by atoms with Gasteiger partial charge in [-0.15, -0.1) is 0 Å². The number of aldehydes is 1. The van der Waals surface area contributed by atoms with Crippen LogP contribution in [0.2, 0.25) is 0 Å². The first-order valence-electron chi connectivity index (χ1n) is 3.25. The second kappa shape index (κ2) is 7.01. The van der Waals surface area contributed by atoms with Gasteiger partial charge in [0.15, 0.2) is 0 Å². The zero-order valence-electron chi connectivity index (χ0n) is 6.18. The van der Waals surface area contributed by atoms with E-state index in [1.807, 2.05) is 0 Å². The molecule has 2 N–H and O–H groups in total. The normalized spacial score (nSPS) is 9.27. The van der Waals surface area contributed by atoms with Crippen LogP contribution in [0.4, 0.5) is 0 Å². The summed E-state index contributed by atoms with van der Waals surface area (Å²) in [6.07, 6.45) is 1.40. The third kappa shape index (κ3) is 6.79. The van der Waals surface area contributed by atoms with E-state index in [2.05, 4.69) is 10.0 Å². The minimum absolute atomic E-state index is 0.219. The van der Waals surface area contributed by atoms with Crippen molar-refractivity contribution in [3.63, 3.8) is 0 Å². The maximum Gasteiger partial charge on any atom is 0.135 e. The van der Waals surface area contributed by atoms with Crippen LogP contribution in [0, 0.1) is 0 Å². The van der Waals surface area contributed by atoms with Gasteiger partial charge < -0.3 is 4.79 Å². The number of azide groups is 1. The lowest BCUT2D eigenvalue weighted by molar-refractivity contribution is -0.108. The van der Waals surface area contributed by atoms with E-state index in [-0.39, 0.29) is 6.54 Å². The molecule has 62 valence electrons. The van der Waals surface area contributed by atoms with Crippen molar-refractivity contribution in [3.05, 3.63) is 10.4 Å². The van der Waals surface area contributed by atoms with E-state index >= 15 is 0 Å². The van der Waals surface area contributed by atoms with E-state index in [0.717, 1.165) is 6.29 Å².